The van der Waals surface area contributed by atoms with Crippen molar-refractivity contribution in [2.45, 2.75) is 25.2 Å². The summed E-state index contributed by atoms with van der Waals surface area (Å²) in [6.07, 6.45) is 1.26. The quantitative estimate of drug-likeness (QED) is 0.677. The average Bonchev–Trinajstić information content (AvgIpc) is 3.13. The molecule has 1 fully saturated rings. The van der Waals surface area contributed by atoms with Crippen LogP contribution in [-0.4, -0.2) is 30.2 Å². The van der Waals surface area contributed by atoms with Crippen LogP contribution in [0.2, 0.25) is 0 Å². The summed E-state index contributed by atoms with van der Waals surface area (Å²) < 4.78 is 6.40. The standard InChI is InChI=1S/C22H21NO4S/c1-14-2-4-16(5-3-14)22(8-10-27-11-9-22)21(26)23-17-6-7-18-15(12-17)13-19(28-18)20(24)25/h2-7,12-13H,8-11H2,1H3,(H,23,26)(H,24,25). The van der Waals surface area contributed by atoms with Crippen LogP contribution in [0.4, 0.5) is 5.69 Å². The zero-order chi connectivity index (χ0) is 19.7. The lowest BCUT2D eigenvalue weighted by Gasteiger charge is -2.36. The molecule has 5 nitrogen and oxygen atoms in total. The fourth-order valence-electron chi connectivity index (χ4n) is 3.72. The van der Waals surface area contributed by atoms with Crippen LogP contribution in [0.25, 0.3) is 10.1 Å². The molecule has 1 saturated heterocycles. The van der Waals surface area contributed by atoms with Gasteiger partial charge in [-0.1, -0.05) is 29.8 Å². The average molecular weight is 395 g/mol. The molecule has 1 aromatic heterocycles. The lowest BCUT2D eigenvalue weighted by Crippen LogP contribution is -2.44. The summed E-state index contributed by atoms with van der Waals surface area (Å²) >= 11 is 1.23. The number of aryl methyl sites for hydroxylation is 1. The lowest BCUT2D eigenvalue weighted by atomic mass is 9.73. The minimum absolute atomic E-state index is 0.0484. The number of fused-ring (bicyclic) bond motifs is 1. The topological polar surface area (TPSA) is 75.6 Å². The molecule has 2 heterocycles. The molecule has 3 aromatic rings. The number of amides is 1. The molecule has 1 aliphatic heterocycles. The fourth-order valence-corrected chi connectivity index (χ4v) is 4.60. The first-order valence-electron chi connectivity index (χ1n) is 9.21. The molecule has 0 saturated carbocycles. The van der Waals surface area contributed by atoms with E-state index in [1.54, 1.807) is 6.07 Å². The number of hydrogen-bond donors (Lipinski definition) is 2. The number of ether oxygens (including phenoxy) is 1. The number of carboxylic acids is 1. The van der Waals surface area contributed by atoms with Crippen molar-refractivity contribution in [3.8, 4) is 0 Å². The minimum Gasteiger partial charge on any atom is -0.477 e. The number of benzene rings is 2. The van der Waals surface area contributed by atoms with E-state index in [0.717, 1.165) is 21.2 Å². The van der Waals surface area contributed by atoms with Crippen LogP contribution in [-0.2, 0) is 14.9 Å². The van der Waals surface area contributed by atoms with Gasteiger partial charge in [-0.25, -0.2) is 4.79 Å². The van der Waals surface area contributed by atoms with Gasteiger partial charge in [0.25, 0.3) is 0 Å². The number of carbonyl (C=O) groups is 2. The van der Waals surface area contributed by atoms with Gasteiger partial charge >= 0.3 is 5.97 Å². The Morgan fingerprint density at radius 3 is 2.46 bits per heavy atom. The zero-order valence-electron chi connectivity index (χ0n) is 15.5. The molecule has 6 heteroatoms. The van der Waals surface area contributed by atoms with Crippen molar-refractivity contribution in [1.29, 1.82) is 0 Å². The number of anilines is 1. The first kappa shape index (κ1) is 18.7. The Bertz CT molecular complexity index is 1030. The molecule has 1 aliphatic rings. The van der Waals surface area contributed by atoms with Crippen molar-refractivity contribution >= 4 is 39.0 Å². The Labute approximate surface area is 167 Å². The highest BCUT2D eigenvalue weighted by atomic mass is 32.1. The van der Waals surface area contributed by atoms with Crippen LogP contribution in [0.15, 0.2) is 48.5 Å². The fraction of sp³-hybridized carbons (Fsp3) is 0.273. The van der Waals surface area contributed by atoms with Gasteiger partial charge in [0.05, 0.1) is 5.41 Å². The summed E-state index contributed by atoms with van der Waals surface area (Å²) in [6.45, 7) is 3.13. The lowest BCUT2D eigenvalue weighted by molar-refractivity contribution is -0.125. The van der Waals surface area contributed by atoms with E-state index in [4.69, 9.17) is 4.74 Å². The zero-order valence-corrected chi connectivity index (χ0v) is 16.3. The maximum atomic E-state index is 13.4. The van der Waals surface area contributed by atoms with Crippen LogP contribution in [0.3, 0.4) is 0 Å². The van der Waals surface area contributed by atoms with E-state index < -0.39 is 11.4 Å². The molecule has 0 radical (unpaired) electrons. The smallest absolute Gasteiger partial charge is 0.345 e. The molecule has 2 N–H and O–H groups in total. The van der Waals surface area contributed by atoms with Gasteiger partial charge in [-0.2, -0.15) is 0 Å². The van der Waals surface area contributed by atoms with Crippen molar-refractivity contribution in [1.82, 2.24) is 0 Å². The van der Waals surface area contributed by atoms with Crippen molar-refractivity contribution in [3.63, 3.8) is 0 Å². The number of aromatic carboxylic acids is 1. The number of nitrogens with one attached hydrogen (secondary N) is 1. The second kappa shape index (κ2) is 7.37. The van der Waals surface area contributed by atoms with E-state index in [1.165, 1.54) is 11.3 Å². The summed E-state index contributed by atoms with van der Waals surface area (Å²) in [5, 5.41) is 13.1. The number of carboxylic acid groups (broad SMARTS) is 1. The van der Waals surface area contributed by atoms with Crippen molar-refractivity contribution < 1.29 is 19.4 Å². The van der Waals surface area contributed by atoms with E-state index in [0.29, 0.717) is 36.6 Å². The van der Waals surface area contributed by atoms with Gasteiger partial charge in [0.15, 0.2) is 0 Å². The van der Waals surface area contributed by atoms with E-state index in [1.807, 2.05) is 49.4 Å². The van der Waals surface area contributed by atoms with Crippen LogP contribution in [0.1, 0.15) is 33.6 Å². The molecule has 0 atom stereocenters. The van der Waals surface area contributed by atoms with Crippen LogP contribution < -0.4 is 5.32 Å². The summed E-state index contributed by atoms with van der Waals surface area (Å²) in [5.41, 5.74) is 2.21. The van der Waals surface area contributed by atoms with E-state index in [-0.39, 0.29) is 5.91 Å². The Morgan fingerprint density at radius 2 is 1.79 bits per heavy atom. The molecule has 2 aromatic carbocycles. The maximum absolute atomic E-state index is 13.4. The highest BCUT2D eigenvalue weighted by Crippen LogP contribution is 2.37. The predicted octanol–water partition coefficient (Wildman–Crippen LogP) is 4.59. The third kappa shape index (κ3) is 3.41. The van der Waals surface area contributed by atoms with Crippen LogP contribution in [0, 0.1) is 6.92 Å². The van der Waals surface area contributed by atoms with E-state index in [9.17, 15) is 14.7 Å². The highest BCUT2D eigenvalue weighted by molar-refractivity contribution is 7.20. The van der Waals surface area contributed by atoms with E-state index in [2.05, 4.69) is 5.32 Å². The molecule has 144 valence electrons. The second-order valence-electron chi connectivity index (χ2n) is 7.18. The summed E-state index contributed by atoms with van der Waals surface area (Å²) in [4.78, 5) is 24.8. The largest absolute Gasteiger partial charge is 0.477 e. The SMILES string of the molecule is Cc1ccc(C2(C(=O)Nc3ccc4sc(C(=O)O)cc4c3)CCOCC2)cc1. The maximum Gasteiger partial charge on any atom is 0.345 e. The van der Waals surface area contributed by atoms with Gasteiger partial charge in [0, 0.05) is 23.6 Å². The molecule has 0 bridgehead atoms. The second-order valence-corrected chi connectivity index (χ2v) is 8.27. The molecular formula is C22H21NO4S. The van der Waals surface area contributed by atoms with Crippen LogP contribution in [0.5, 0.6) is 0 Å². The number of hydrogen-bond acceptors (Lipinski definition) is 4. The summed E-state index contributed by atoms with van der Waals surface area (Å²) in [6, 6.07) is 15.3. The predicted molar refractivity (Wildman–Crippen MR) is 110 cm³/mol. The third-order valence-electron chi connectivity index (χ3n) is 5.37. The third-order valence-corrected chi connectivity index (χ3v) is 6.47. The Kier molecular flexibility index (Phi) is 4.91. The molecule has 0 spiro atoms. The Balaban J connectivity index is 1.65. The van der Waals surface area contributed by atoms with Crippen molar-refractivity contribution in [2.75, 3.05) is 18.5 Å². The monoisotopic (exact) mass is 395 g/mol. The van der Waals surface area contributed by atoms with Crippen molar-refractivity contribution in [3.05, 3.63) is 64.5 Å². The Hall–Kier alpha value is -2.70. The number of thiophene rings is 1. The Morgan fingerprint density at radius 1 is 1.07 bits per heavy atom. The van der Waals surface area contributed by atoms with Gasteiger partial charge < -0.3 is 15.2 Å². The highest BCUT2D eigenvalue weighted by Gasteiger charge is 2.41. The summed E-state index contributed by atoms with van der Waals surface area (Å²) in [7, 11) is 0. The normalized spacial score (nSPS) is 16.0. The number of carbonyl (C=O) groups excluding carboxylic acids is 1. The molecule has 0 unspecified atom stereocenters. The minimum atomic E-state index is -0.938. The van der Waals surface area contributed by atoms with Crippen LogP contribution >= 0.6 is 11.3 Å². The molecule has 1 amide bonds. The van der Waals surface area contributed by atoms with Gasteiger partial charge in [-0.3, -0.25) is 4.79 Å². The van der Waals surface area contributed by atoms with Crippen molar-refractivity contribution in [2.24, 2.45) is 0 Å². The van der Waals surface area contributed by atoms with Gasteiger partial charge in [0.2, 0.25) is 5.91 Å². The molecular weight excluding hydrogens is 374 g/mol. The molecule has 28 heavy (non-hydrogen) atoms. The van der Waals surface area contributed by atoms with Gasteiger partial charge in [0.1, 0.15) is 4.88 Å². The van der Waals surface area contributed by atoms with Gasteiger partial charge in [-0.15, -0.1) is 11.3 Å². The first-order valence-corrected chi connectivity index (χ1v) is 10.0. The van der Waals surface area contributed by atoms with E-state index >= 15 is 0 Å². The summed E-state index contributed by atoms with van der Waals surface area (Å²) in [5.74, 6) is -0.986. The molecule has 0 aliphatic carbocycles. The molecule has 4 rings (SSSR count). The first-order chi connectivity index (χ1) is 13.5. The number of rotatable bonds is 4. The van der Waals surface area contributed by atoms with Gasteiger partial charge in [-0.05, 0) is 55.0 Å².